The number of aromatic nitrogens is 3. The third-order valence-corrected chi connectivity index (χ3v) is 7.51. The lowest BCUT2D eigenvalue weighted by Crippen LogP contribution is -2.37. The second-order valence-electron chi connectivity index (χ2n) is 7.40. The van der Waals surface area contributed by atoms with Gasteiger partial charge in [-0.05, 0) is 6.92 Å². The Morgan fingerprint density at radius 2 is 1.86 bits per heavy atom. The van der Waals surface area contributed by atoms with Crippen molar-refractivity contribution in [3.63, 3.8) is 0 Å². The number of nitrogens with one attached hydrogen (secondary N) is 1. The highest BCUT2D eigenvalue weighted by atomic mass is 31.3. The van der Waals surface area contributed by atoms with E-state index in [1.165, 1.54) is 6.92 Å². The Kier molecular flexibility index (Phi) is 8.42. The van der Waals surface area contributed by atoms with Crippen LogP contribution < -0.4 is 11.2 Å². The van der Waals surface area contributed by atoms with E-state index in [0.717, 1.165) is 23.0 Å². The fourth-order valence-electron chi connectivity index (χ4n) is 3.12. The van der Waals surface area contributed by atoms with E-state index in [-0.39, 0.29) is 23.1 Å². The van der Waals surface area contributed by atoms with E-state index >= 15 is 0 Å². The van der Waals surface area contributed by atoms with Crippen molar-refractivity contribution in [1.82, 2.24) is 14.5 Å². The van der Waals surface area contributed by atoms with Gasteiger partial charge in [-0.15, -0.1) is 0 Å². The van der Waals surface area contributed by atoms with Crippen LogP contribution in [0.5, 0.6) is 5.75 Å². The van der Waals surface area contributed by atoms with Gasteiger partial charge in [0, 0.05) is 24.0 Å². The molecule has 3 rings (SSSR count). The molecule has 1 fully saturated rings. The number of H-pyrrole nitrogens is 1. The number of aliphatic hydroxyl groups is 2. The second-order valence-corrected chi connectivity index (χ2v) is 10.4. The number of carbonyl (C=O) groups is 1. The van der Waals surface area contributed by atoms with Crippen molar-refractivity contribution in [3.05, 3.63) is 56.1 Å². The first kappa shape index (κ1) is 28.0. The predicted molar refractivity (Wildman–Crippen MR) is 115 cm³/mol. The van der Waals surface area contributed by atoms with Gasteiger partial charge >= 0.3 is 21.3 Å². The van der Waals surface area contributed by atoms with Crippen LogP contribution in [-0.4, -0.2) is 70.8 Å². The van der Waals surface area contributed by atoms with Crippen LogP contribution in [-0.2, 0) is 33.8 Å². The third kappa shape index (κ3) is 6.41. The monoisotopic (exact) mass is 553 g/mol. The van der Waals surface area contributed by atoms with E-state index in [4.69, 9.17) is 4.74 Å². The van der Waals surface area contributed by atoms with Crippen LogP contribution in [0.1, 0.15) is 27.8 Å². The fourth-order valence-corrected chi connectivity index (χ4v) is 5.18. The first-order chi connectivity index (χ1) is 16.7. The van der Waals surface area contributed by atoms with Crippen molar-refractivity contribution in [1.29, 1.82) is 0 Å². The highest BCUT2D eigenvalue weighted by molar-refractivity contribution is 7.61. The maximum atomic E-state index is 12.1. The number of pyridine rings is 1. The van der Waals surface area contributed by atoms with Crippen molar-refractivity contribution < 1.29 is 57.1 Å². The zero-order valence-electron chi connectivity index (χ0n) is 18.2. The normalized spacial score (nSPS) is 25.2. The quantitative estimate of drug-likeness (QED) is 0.150. The minimum atomic E-state index is -5.34. The Balaban J connectivity index is 1.61. The molecule has 6 atom stereocenters. The number of nitrogens with zero attached hydrogens (tertiary/aromatic N) is 2. The topological polar surface area (TPSA) is 257 Å². The summed E-state index contributed by atoms with van der Waals surface area (Å²) in [6.45, 7) is -0.377. The standard InChI is InChI=1S/C17H21N3O14P2/c1-8-13(23)10(5-21)9(4-18-8)6-31-35(27,28)34-36(29,30)32-7-11-14(24)15(25)16(33-11)20-3-2-12(22)19-17(20)26/h2-5,11,14-16,23-25H,6-7H2,1H3,(H,27,28)(H,29,30)(H,19,22,26). The lowest BCUT2D eigenvalue weighted by atomic mass is 10.1. The van der Waals surface area contributed by atoms with E-state index in [9.17, 15) is 48.6 Å². The molecule has 2 aromatic heterocycles. The predicted octanol–water partition coefficient (Wildman–Crippen LogP) is -1.17. The molecule has 6 unspecified atom stereocenters. The molecular formula is C17H21N3O14P2. The number of aromatic hydroxyl groups is 1. The van der Waals surface area contributed by atoms with E-state index in [2.05, 4.69) is 18.3 Å². The molecule has 0 aromatic carbocycles. The summed E-state index contributed by atoms with van der Waals surface area (Å²) in [7, 11) is -10.6. The van der Waals surface area contributed by atoms with Crippen LogP contribution in [0.2, 0.25) is 0 Å². The van der Waals surface area contributed by atoms with Crippen LogP contribution in [0, 0.1) is 6.92 Å². The summed E-state index contributed by atoms with van der Waals surface area (Å²) in [6.07, 6.45) is -4.16. The number of hydrogen-bond acceptors (Lipinski definition) is 13. The van der Waals surface area contributed by atoms with Gasteiger partial charge in [0.1, 0.15) is 24.1 Å². The first-order valence-corrected chi connectivity index (χ1v) is 12.9. The summed E-state index contributed by atoms with van der Waals surface area (Å²) >= 11 is 0. The maximum absolute atomic E-state index is 12.1. The molecule has 0 aliphatic carbocycles. The molecule has 0 radical (unpaired) electrons. The van der Waals surface area contributed by atoms with Gasteiger partial charge in [0.05, 0.1) is 24.5 Å². The maximum Gasteiger partial charge on any atom is 0.481 e. The molecule has 0 amide bonds. The van der Waals surface area contributed by atoms with Gasteiger partial charge < -0.3 is 29.8 Å². The molecule has 0 saturated carbocycles. The van der Waals surface area contributed by atoms with Gasteiger partial charge in [0.25, 0.3) is 5.56 Å². The van der Waals surface area contributed by atoms with E-state index < -0.39 is 70.4 Å². The number of ether oxygens (including phenoxy) is 1. The Morgan fingerprint density at radius 3 is 2.50 bits per heavy atom. The van der Waals surface area contributed by atoms with Crippen molar-refractivity contribution in [2.75, 3.05) is 6.61 Å². The average molecular weight is 553 g/mol. The van der Waals surface area contributed by atoms with Crippen molar-refractivity contribution >= 4 is 21.9 Å². The van der Waals surface area contributed by atoms with Crippen LogP contribution in [0.25, 0.3) is 0 Å². The zero-order valence-corrected chi connectivity index (χ0v) is 20.0. The van der Waals surface area contributed by atoms with Crippen molar-refractivity contribution in [3.8, 4) is 5.75 Å². The lowest BCUT2D eigenvalue weighted by Gasteiger charge is -2.19. The number of aldehydes is 1. The first-order valence-electron chi connectivity index (χ1n) is 9.86. The number of carbonyl (C=O) groups excluding carboxylic acids is 1. The molecule has 1 aliphatic rings. The Labute approximate surface area is 200 Å². The zero-order chi connectivity index (χ0) is 26.8. The van der Waals surface area contributed by atoms with Crippen LogP contribution in [0.4, 0.5) is 0 Å². The van der Waals surface area contributed by atoms with Crippen LogP contribution in [0.3, 0.4) is 0 Å². The average Bonchev–Trinajstić information content (AvgIpc) is 3.06. The van der Waals surface area contributed by atoms with Gasteiger partial charge in [-0.2, -0.15) is 4.31 Å². The molecule has 0 spiro atoms. The molecule has 17 nitrogen and oxygen atoms in total. The molecule has 6 N–H and O–H groups in total. The summed E-state index contributed by atoms with van der Waals surface area (Å²) in [5.41, 5.74) is -2.00. The minimum Gasteiger partial charge on any atom is -0.505 e. The lowest BCUT2D eigenvalue weighted by molar-refractivity contribution is -0.0543. The molecule has 1 saturated heterocycles. The number of aromatic amines is 1. The highest BCUT2D eigenvalue weighted by Gasteiger charge is 2.46. The molecule has 1 aliphatic heterocycles. The van der Waals surface area contributed by atoms with Crippen LogP contribution >= 0.6 is 15.6 Å². The Morgan fingerprint density at radius 1 is 1.19 bits per heavy atom. The van der Waals surface area contributed by atoms with E-state index in [1.54, 1.807) is 0 Å². The number of rotatable bonds is 10. The van der Waals surface area contributed by atoms with E-state index in [1.807, 2.05) is 4.98 Å². The Bertz CT molecular complexity index is 1340. The van der Waals surface area contributed by atoms with Gasteiger partial charge in [-0.3, -0.25) is 33.2 Å². The smallest absolute Gasteiger partial charge is 0.481 e. The van der Waals surface area contributed by atoms with Crippen LogP contribution in [0.15, 0.2) is 28.0 Å². The largest absolute Gasteiger partial charge is 0.505 e. The number of aryl methyl sites for hydroxylation is 1. The summed E-state index contributed by atoms with van der Waals surface area (Å²) in [4.78, 5) is 59.5. The number of phosphoric acid groups is 2. The summed E-state index contributed by atoms with van der Waals surface area (Å²) in [5.74, 6) is -0.490. The minimum absolute atomic E-state index is 0.103. The van der Waals surface area contributed by atoms with Gasteiger partial charge in [-0.25, -0.2) is 13.9 Å². The molecule has 36 heavy (non-hydrogen) atoms. The Hall–Kier alpha value is -2.56. The molecule has 2 aromatic rings. The highest BCUT2D eigenvalue weighted by Crippen LogP contribution is 2.61. The van der Waals surface area contributed by atoms with E-state index in [0.29, 0.717) is 0 Å². The third-order valence-electron chi connectivity index (χ3n) is 4.93. The summed E-state index contributed by atoms with van der Waals surface area (Å²) in [5, 5.41) is 30.1. The van der Waals surface area contributed by atoms with Crippen molar-refractivity contribution in [2.45, 2.75) is 38.1 Å². The van der Waals surface area contributed by atoms with Gasteiger partial charge in [0.2, 0.25) is 0 Å². The number of aliphatic hydroxyl groups excluding tert-OH is 2. The number of phosphoric ester groups is 2. The summed E-state index contributed by atoms with van der Waals surface area (Å²) in [6, 6.07) is 0.953. The second kappa shape index (κ2) is 10.8. The molecule has 3 heterocycles. The molecule has 198 valence electrons. The fraction of sp³-hybridized carbons (Fsp3) is 0.412. The van der Waals surface area contributed by atoms with Gasteiger partial charge in [-0.1, -0.05) is 0 Å². The molecule has 0 bridgehead atoms. The van der Waals surface area contributed by atoms with Gasteiger partial charge in [0.15, 0.2) is 12.5 Å². The molecule has 19 heteroatoms. The SMILES string of the molecule is Cc1ncc(COP(=O)(O)OP(=O)(O)OCC2OC(n3ccc(=O)[nH]c3=O)C(O)C2O)c(C=O)c1O. The van der Waals surface area contributed by atoms with Crippen molar-refractivity contribution in [2.24, 2.45) is 0 Å². The summed E-state index contributed by atoms with van der Waals surface area (Å²) < 4.78 is 43.6. The molecular weight excluding hydrogens is 532 g/mol. The number of hydrogen-bond donors (Lipinski definition) is 6.